The van der Waals surface area contributed by atoms with Gasteiger partial charge in [-0.05, 0) is 38.6 Å². The highest BCUT2D eigenvalue weighted by Gasteiger charge is 2.34. The molecule has 1 aromatic heterocycles. The molecule has 76 valence electrons. The minimum Gasteiger partial charge on any atom is -0.445 e. The lowest BCUT2D eigenvalue weighted by atomic mass is 10.0. The molecule has 1 saturated carbocycles. The molecule has 0 aliphatic heterocycles. The predicted octanol–water partition coefficient (Wildman–Crippen LogP) is 1.93. The summed E-state index contributed by atoms with van der Waals surface area (Å²) >= 11 is 0. The molecule has 1 atom stereocenters. The van der Waals surface area contributed by atoms with Crippen molar-refractivity contribution in [1.82, 2.24) is 4.98 Å². The van der Waals surface area contributed by atoms with Crippen molar-refractivity contribution < 1.29 is 4.42 Å². The average molecular weight is 192 g/mol. The maximum atomic E-state index is 5.85. The Labute approximate surface area is 83.7 Å². The van der Waals surface area contributed by atoms with Gasteiger partial charge in [0.1, 0.15) is 5.76 Å². The van der Waals surface area contributed by atoms with Crippen LogP contribution in [0.15, 0.2) is 4.42 Å². The van der Waals surface area contributed by atoms with Crippen LogP contribution in [0.25, 0.3) is 0 Å². The molecule has 2 aliphatic rings. The molecule has 2 aliphatic carbocycles. The number of fused-ring (bicyclic) bond motifs is 1. The maximum absolute atomic E-state index is 5.85. The summed E-state index contributed by atoms with van der Waals surface area (Å²) in [4.78, 5) is 4.58. The van der Waals surface area contributed by atoms with E-state index in [9.17, 15) is 0 Å². The number of aryl methyl sites for hydroxylation is 1. The van der Waals surface area contributed by atoms with E-state index in [1.54, 1.807) is 0 Å². The third-order valence-electron chi connectivity index (χ3n) is 3.29. The quantitative estimate of drug-likeness (QED) is 0.796. The van der Waals surface area contributed by atoms with Crippen LogP contribution in [0, 0.1) is 0 Å². The van der Waals surface area contributed by atoms with Gasteiger partial charge in [-0.15, -0.1) is 0 Å². The molecule has 1 heterocycles. The molecule has 0 saturated heterocycles. The molecule has 0 aromatic carbocycles. The minimum absolute atomic E-state index is 0.551. The normalized spacial score (nSPS) is 25.4. The molecule has 3 heteroatoms. The lowest BCUT2D eigenvalue weighted by Crippen LogP contribution is -2.04. The highest BCUT2D eigenvalue weighted by Crippen LogP contribution is 2.43. The van der Waals surface area contributed by atoms with Crippen molar-refractivity contribution in [3.05, 3.63) is 17.3 Å². The Bertz CT molecular complexity index is 341. The van der Waals surface area contributed by atoms with Gasteiger partial charge in [0.25, 0.3) is 0 Å². The molecule has 1 unspecified atom stereocenters. The van der Waals surface area contributed by atoms with E-state index in [-0.39, 0.29) is 0 Å². The largest absolute Gasteiger partial charge is 0.445 e. The Morgan fingerprint density at radius 3 is 2.93 bits per heavy atom. The minimum atomic E-state index is 0.551. The van der Waals surface area contributed by atoms with E-state index >= 15 is 0 Å². The first-order valence-corrected chi connectivity index (χ1v) is 5.58. The number of hydrogen-bond donors (Lipinski definition) is 1. The van der Waals surface area contributed by atoms with E-state index in [0.29, 0.717) is 11.8 Å². The van der Waals surface area contributed by atoms with Crippen LogP contribution >= 0.6 is 0 Å². The molecule has 3 rings (SSSR count). The first-order chi connectivity index (χ1) is 6.88. The van der Waals surface area contributed by atoms with Crippen LogP contribution in [0.1, 0.15) is 54.9 Å². The van der Waals surface area contributed by atoms with Crippen molar-refractivity contribution in [3.8, 4) is 0 Å². The van der Waals surface area contributed by atoms with Gasteiger partial charge in [0, 0.05) is 11.8 Å². The van der Waals surface area contributed by atoms with Gasteiger partial charge in [-0.1, -0.05) is 0 Å². The summed E-state index contributed by atoms with van der Waals surface area (Å²) in [6.45, 7) is 0.754. The van der Waals surface area contributed by atoms with Gasteiger partial charge >= 0.3 is 0 Å². The molecule has 0 bridgehead atoms. The van der Waals surface area contributed by atoms with E-state index in [2.05, 4.69) is 4.98 Å². The summed E-state index contributed by atoms with van der Waals surface area (Å²) in [5, 5.41) is 0. The van der Waals surface area contributed by atoms with Gasteiger partial charge < -0.3 is 10.2 Å². The van der Waals surface area contributed by atoms with Crippen molar-refractivity contribution in [2.24, 2.45) is 5.73 Å². The monoisotopic (exact) mass is 192 g/mol. The van der Waals surface area contributed by atoms with Crippen molar-refractivity contribution >= 4 is 0 Å². The molecule has 3 nitrogen and oxygen atoms in total. The van der Waals surface area contributed by atoms with E-state index in [0.717, 1.165) is 31.0 Å². The van der Waals surface area contributed by atoms with Gasteiger partial charge in [-0.2, -0.15) is 0 Å². The Balaban J connectivity index is 1.86. The molecule has 14 heavy (non-hydrogen) atoms. The highest BCUT2D eigenvalue weighted by molar-refractivity contribution is 5.23. The number of oxazole rings is 1. The smallest absolute Gasteiger partial charge is 0.197 e. The number of aromatic nitrogens is 1. The first kappa shape index (κ1) is 8.48. The number of hydrogen-bond acceptors (Lipinski definition) is 3. The summed E-state index contributed by atoms with van der Waals surface area (Å²) in [5.74, 6) is 3.34. The maximum Gasteiger partial charge on any atom is 0.197 e. The molecule has 2 N–H and O–H groups in total. The summed E-state index contributed by atoms with van der Waals surface area (Å²) < 4.78 is 5.85. The van der Waals surface area contributed by atoms with Crippen LogP contribution in [-0.4, -0.2) is 11.5 Å². The average Bonchev–Trinajstić information content (AvgIpc) is 2.84. The van der Waals surface area contributed by atoms with Crippen LogP contribution in [0.2, 0.25) is 0 Å². The zero-order chi connectivity index (χ0) is 9.54. The van der Waals surface area contributed by atoms with Crippen LogP contribution in [-0.2, 0) is 6.42 Å². The number of nitrogens with two attached hydrogens (primary N) is 1. The fourth-order valence-electron chi connectivity index (χ4n) is 2.30. The van der Waals surface area contributed by atoms with Crippen molar-refractivity contribution in [2.75, 3.05) is 6.54 Å². The Morgan fingerprint density at radius 1 is 1.36 bits per heavy atom. The molecular formula is C11H16N2O. The van der Waals surface area contributed by atoms with Crippen molar-refractivity contribution in [1.29, 1.82) is 0 Å². The fourth-order valence-corrected chi connectivity index (χ4v) is 2.30. The molecule has 0 amide bonds. The van der Waals surface area contributed by atoms with E-state index in [4.69, 9.17) is 10.2 Å². The molecule has 0 spiro atoms. The van der Waals surface area contributed by atoms with Crippen molar-refractivity contribution in [2.45, 2.75) is 43.9 Å². The van der Waals surface area contributed by atoms with Crippen LogP contribution in [0.5, 0.6) is 0 Å². The van der Waals surface area contributed by atoms with Gasteiger partial charge in [-0.3, -0.25) is 0 Å². The zero-order valence-electron chi connectivity index (χ0n) is 8.33. The summed E-state index contributed by atoms with van der Waals surface area (Å²) in [7, 11) is 0. The Hall–Kier alpha value is -0.830. The predicted molar refractivity (Wildman–Crippen MR) is 53.2 cm³/mol. The lowest BCUT2D eigenvalue weighted by molar-refractivity contribution is 0.417. The standard InChI is InChI=1S/C11H16N2O/c12-6-5-7-3-4-9-10(7)14-11(13-9)8-1-2-8/h7-8H,1-6,12H2. The Morgan fingerprint density at radius 2 is 2.21 bits per heavy atom. The summed E-state index contributed by atoms with van der Waals surface area (Å²) in [6.07, 6.45) is 5.85. The topological polar surface area (TPSA) is 52.0 Å². The van der Waals surface area contributed by atoms with Gasteiger partial charge in [0.15, 0.2) is 5.89 Å². The molecule has 1 fully saturated rings. The molecule has 0 radical (unpaired) electrons. The number of rotatable bonds is 3. The van der Waals surface area contributed by atoms with Gasteiger partial charge in [0.05, 0.1) is 5.69 Å². The fraction of sp³-hybridized carbons (Fsp3) is 0.727. The van der Waals surface area contributed by atoms with E-state index in [1.807, 2.05) is 0 Å². The van der Waals surface area contributed by atoms with Crippen LogP contribution in [0.4, 0.5) is 0 Å². The Kier molecular flexibility index (Phi) is 1.87. The first-order valence-electron chi connectivity index (χ1n) is 5.58. The summed E-state index contributed by atoms with van der Waals surface area (Å²) in [5.41, 5.74) is 6.80. The SMILES string of the molecule is NCCC1CCc2nc(C3CC3)oc21. The molecule has 1 aromatic rings. The lowest BCUT2D eigenvalue weighted by Gasteiger charge is -2.05. The summed E-state index contributed by atoms with van der Waals surface area (Å²) in [6, 6.07) is 0. The van der Waals surface area contributed by atoms with E-state index in [1.165, 1.54) is 25.0 Å². The number of nitrogens with zero attached hydrogens (tertiary/aromatic N) is 1. The van der Waals surface area contributed by atoms with Crippen molar-refractivity contribution in [3.63, 3.8) is 0 Å². The van der Waals surface area contributed by atoms with E-state index < -0.39 is 0 Å². The third-order valence-corrected chi connectivity index (χ3v) is 3.29. The third kappa shape index (κ3) is 1.27. The van der Waals surface area contributed by atoms with Gasteiger partial charge in [-0.25, -0.2) is 4.98 Å². The second kappa shape index (κ2) is 3.09. The van der Waals surface area contributed by atoms with Crippen LogP contribution in [0.3, 0.4) is 0 Å². The highest BCUT2D eigenvalue weighted by atomic mass is 16.4. The molecular weight excluding hydrogens is 176 g/mol. The van der Waals surface area contributed by atoms with Crippen LogP contribution < -0.4 is 5.73 Å². The van der Waals surface area contributed by atoms with Gasteiger partial charge in [0.2, 0.25) is 0 Å². The second-order valence-electron chi connectivity index (χ2n) is 4.45. The zero-order valence-corrected chi connectivity index (χ0v) is 8.33. The second-order valence-corrected chi connectivity index (χ2v) is 4.45.